The zero-order chi connectivity index (χ0) is 45.8. The number of hydrogen-bond acceptors (Lipinski definition) is 19. The second-order valence-electron chi connectivity index (χ2n) is 16.1. The summed E-state index contributed by atoms with van der Waals surface area (Å²) in [5, 5.41) is 50.8. The molecule has 3 aliphatic rings. The first-order valence-electron chi connectivity index (χ1n) is 21.3. The molecule has 0 bridgehead atoms. The maximum Gasteiger partial charge on any atom is 0.404 e. The highest BCUT2D eigenvalue weighted by Gasteiger charge is 2.49. The van der Waals surface area contributed by atoms with Crippen LogP contribution in [0.15, 0.2) is 4.99 Å². The Morgan fingerprint density at radius 1 is 0.790 bits per heavy atom. The first-order chi connectivity index (χ1) is 29.5. The lowest BCUT2D eigenvalue weighted by atomic mass is 9.95. The van der Waals surface area contributed by atoms with E-state index in [-0.39, 0.29) is 74.5 Å². The van der Waals surface area contributed by atoms with Gasteiger partial charge in [0.15, 0.2) is 24.3 Å². The van der Waals surface area contributed by atoms with Crippen LogP contribution in [-0.4, -0.2) is 169 Å². The van der Waals surface area contributed by atoms with Crippen molar-refractivity contribution < 1.29 is 53.6 Å². The van der Waals surface area contributed by atoms with Gasteiger partial charge in [-0.05, 0) is 57.9 Å². The topological polar surface area (TPSA) is 434 Å². The summed E-state index contributed by atoms with van der Waals surface area (Å²) < 4.78 is 10.9. The first kappa shape index (κ1) is 51.9. The van der Waals surface area contributed by atoms with Gasteiger partial charge >= 0.3 is 6.09 Å². The highest BCUT2D eigenvalue weighted by atomic mass is 16.6. The number of carbonyl (C=O) groups excluding carboxylic acids is 6. The molecule has 2 fully saturated rings. The second kappa shape index (κ2) is 26.9. The number of β-amino-alcohol motifs (C(OH)–C–C–N with tert-alkyl or cyclic N) is 1. The predicted molar refractivity (Wildman–Crippen MR) is 224 cm³/mol. The molecule has 0 aromatic carbocycles. The average molecular weight is 887 g/mol. The van der Waals surface area contributed by atoms with E-state index in [0.717, 1.165) is 6.42 Å². The van der Waals surface area contributed by atoms with Crippen LogP contribution in [0, 0.1) is 0 Å². The van der Waals surface area contributed by atoms with Crippen LogP contribution in [0.2, 0.25) is 0 Å². The van der Waals surface area contributed by atoms with Crippen molar-refractivity contribution in [2.45, 2.75) is 150 Å². The summed E-state index contributed by atoms with van der Waals surface area (Å²) in [5.74, 6) is -1.59. The van der Waals surface area contributed by atoms with Gasteiger partial charge in [0.1, 0.15) is 18.2 Å². The van der Waals surface area contributed by atoms with E-state index >= 15 is 0 Å². The smallest absolute Gasteiger partial charge is 0.404 e. The molecule has 0 aromatic rings. The van der Waals surface area contributed by atoms with E-state index in [1.165, 1.54) is 0 Å². The lowest BCUT2D eigenvalue weighted by molar-refractivity contribution is -0.198. The Kier molecular flexibility index (Phi) is 22.5. The Bertz CT molecular complexity index is 1500. The van der Waals surface area contributed by atoms with Gasteiger partial charge in [-0.3, -0.25) is 24.0 Å². The molecule has 25 nitrogen and oxygen atoms in total. The Morgan fingerprint density at radius 3 is 1.73 bits per heavy atom. The molecule has 0 spiro atoms. The van der Waals surface area contributed by atoms with Gasteiger partial charge in [0.2, 0.25) is 29.5 Å². The summed E-state index contributed by atoms with van der Waals surface area (Å²) in [4.78, 5) is 78.0. The third-order valence-electron chi connectivity index (χ3n) is 10.6. The minimum atomic E-state index is -1.64. The number of rotatable bonds is 27. The van der Waals surface area contributed by atoms with E-state index in [4.69, 9.17) is 43.9 Å². The summed E-state index contributed by atoms with van der Waals surface area (Å²) in [5.41, 5.74) is 35.0. The number of amides is 6. The van der Waals surface area contributed by atoms with Gasteiger partial charge in [0, 0.05) is 76.0 Å². The number of aliphatic imine (C=N–C) groups is 1. The molecule has 0 unspecified atom stereocenters. The van der Waals surface area contributed by atoms with Crippen LogP contribution < -0.4 is 71.6 Å². The fraction of sp³-hybridized carbons (Fsp3) is 0.811. The molecule has 25 heteroatoms. The van der Waals surface area contributed by atoms with Crippen LogP contribution >= 0.6 is 0 Å². The first-order valence-corrected chi connectivity index (χ1v) is 21.3. The number of aliphatic hydroxyl groups excluding tert-OH is 3. The van der Waals surface area contributed by atoms with Crippen LogP contribution in [0.25, 0.3) is 0 Å². The van der Waals surface area contributed by atoms with E-state index < -0.39 is 85.4 Å². The number of carbonyl (C=O) groups is 6. The lowest BCUT2D eigenvalue weighted by Gasteiger charge is -2.44. The molecule has 0 aliphatic carbocycles. The Hall–Kier alpha value is -4.47. The number of nitrogens with two attached hydrogens (primary N) is 6. The van der Waals surface area contributed by atoms with Crippen molar-refractivity contribution in [3.05, 3.63) is 0 Å². The Morgan fingerprint density at radius 2 is 1.27 bits per heavy atom. The molecule has 0 saturated carbocycles. The molecule has 354 valence electrons. The van der Waals surface area contributed by atoms with Crippen LogP contribution in [0.4, 0.5) is 4.79 Å². The predicted octanol–water partition coefficient (Wildman–Crippen LogP) is -6.91. The third-order valence-corrected chi connectivity index (χ3v) is 10.6. The average Bonchev–Trinajstić information content (AvgIpc) is 3.64. The highest BCUT2D eigenvalue weighted by molar-refractivity contribution is 5.92. The number of piperidine rings is 1. The van der Waals surface area contributed by atoms with Gasteiger partial charge in [-0.1, -0.05) is 0 Å². The normalized spacial score (nSPS) is 26.3. The standard InChI is InChI=1S/C37H70N14O11/c38-9-1-5-19(39)13-25(54)44-10-2-6-20(40)14-26(55)45-11-3-7-21(41)15-27(56)46-12-4-8-22(42)16-28(57)48-31-32(58)33(62-36(43)60)24(18-52)61-35(31)51-37-49-29-23(53)17-47-34(59)30(29)50-37/h19-24,29-33,35,52-53,58H,1-18,38-42H2,(H2,43,60)(H,44,54)(H,45,55)(H,46,56)(H,47,59)(H,48,57)(H2,49,50,51)/t19-,20-,21-,22-,23+,24+,29+,30-,31+,32+,33+,35+/m0/s1. The number of nitrogens with one attached hydrogen (secondary N) is 7. The zero-order valence-corrected chi connectivity index (χ0v) is 35.2. The quantitative estimate of drug-likeness (QED) is 0.0341. The molecule has 0 radical (unpaired) electrons. The van der Waals surface area contributed by atoms with Gasteiger partial charge in [-0.2, -0.15) is 0 Å². The zero-order valence-electron chi connectivity index (χ0n) is 35.2. The Labute approximate surface area is 360 Å². The van der Waals surface area contributed by atoms with Crippen LogP contribution in [0.3, 0.4) is 0 Å². The number of fused-ring (bicyclic) bond motifs is 1. The summed E-state index contributed by atoms with van der Waals surface area (Å²) in [6.45, 7) is 0.932. The number of aliphatic hydroxyl groups is 3. The number of ether oxygens (including phenoxy) is 2. The third kappa shape index (κ3) is 18.1. The van der Waals surface area contributed by atoms with E-state index in [2.05, 4.69) is 42.2 Å². The minimum absolute atomic E-state index is 0.00971. The molecule has 62 heavy (non-hydrogen) atoms. The molecular formula is C37H70N14O11. The van der Waals surface area contributed by atoms with Crippen molar-refractivity contribution in [1.29, 1.82) is 0 Å². The minimum Gasteiger partial charge on any atom is -0.441 e. The molecule has 3 rings (SSSR count). The van der Waals surface area contributed by atoms with E-state index in [1.54, 1.807) is 0 Å². The van der Waals surface area contributed by atoms with E-state index in [1.807, 2.05) is 0 Å². The summed E-state index contributed by atoms with van der Waals surface area (Å²) in [6, 6.07) is -4.69. The number of hydrogen-bond donors (Lipinski definition) is 16. The molecule has 6 amide bonds. The van der Waals surface area contributed by atoms with Crippen molar-refractivity contribution >= 4 is 41.6 Å². The SMILES string of the molecule is NCCC[C@H](N)CC(=O)NCCC[C@H](N)CC(=O)NCCC[C@H](N)CC(=O)NCCC[C@H](N)CC(=O)N[C@@H]1[C@@H](O)[C@H](OC(N)=O)[C@@H](CO)O[C@H]1NC1=N[C@@H]2C(=O)NC[C@@H](O)[C@H]2N1. The summed E-state index contributed by atoms with van der Waals surface area (Å²) in [6.07, 6.45) is -3.15. The van der Waals surface area contributed by atoms with Crippen molar-refractivity contribution in [3.8, 4) is 0 Å². The maximum absolute atomic E-state index is 13.2. The molecular weight excluding hydrogens is 816 g/mol. The molecule has 3 heterocycles. The van der Waals surface area contributed by atoms with Crippen LogP contribution in [0.1, 0.15) is 77.0 Å². The van der Waals surface area contributed by atoms with Gasteiger partial charge in [0.25, 0.3) is 0 Å². The number of guanidine groups is 1. The van der Waals surface area contributed by atoms with Crippen LogP contribution in [0.5, 0.6) is 0 Å². The second-order valence-corrected chi connectivity index (χ2v) is 16.1. The monoisotopic (exact) mass is 887 g/mol. The summed E-state index contributed by atoms with van der Waals surface area (Å²) >= 11 is 0. The fourth-order valence-electron chi connectivity index (χ4n) is 7.32. The van der Waals surface area contributed by atoms with Crippen LogP contribution in [-0.2, 0) is 33.4 Å². The van der Waals surface area contributed by atoms with Crippen molar-refractivity contribution in [1.82, 2.24) is 37.2 Å². The summed E-state index contributed by atoms with van der Waals surface area (Å²) in [7, 11) is 0. The molecule has 2 saturated heterocycles. The van der Waals surface area contributed by atoms with Crippen molar-refractivity contribution in [2.75, 3.05) is 39.3 Å². The highest BCUT2D eigenvalue weighted by Crippen LogP contribution is 2.24. The van der Waals surface area contributed by atoms with Crippen molar-refractivity contribution in [3.63, 3.8) is 0 Å². The molecule has 0 aromatic heterocycles. The van der Waals surface area contributed by atoms with Gasteiger partial charge in [0.05, 0.1) is 18.8 Å². The van der Waals surface area contributed by atoms with Gasteiger partial charge in [-0.15, -0.1) is 0 Å². The fourth-order valence-corrected chi connectivity index (χ4v) is 7.32. The van der Waals surface area contributed by atoms with Gasteiger partial charge < -0.3 is 96.4 Å². The van der Waals surface area contributed by atoms with Gasteiger partial charge in [-0.25, -0.2) is 9.79 Å². The van der Waals surface area contributed by atoms with E-state index in [9.17, 15) is 44.1 Å². The number of primary amides is 1. The number of nitrogens with zero attached hydrogens (tertiary/aromatic N) is 1. The van der Waals surface area contributed by atoms with Crippen molar-refractivity contribution in [2.24, 2.45) is 39.4 Å². The largest absolute Gasteiger partial charge is 0.441 e. The molecule has 3 aliphatic heterocycles. The van der Waals surface area contributed by atoms with E-state index in [0.29, 0.717) is 64.6 Å². The molecule has 22 N–H and O–H groups in total. The lowest BCUT2D eigenvalue weighted by Crippen LogP contribution is -2.70. The maximum atomic E-state index is 13.2. The Balaban J connectivity index is 1.31. The molecule has 12 atom stereocenters.